The van der Waals surface area contributed by atoms with Crippen molar-refractivity contribution in [3.8, 4) is 0 Å². The van der Waals surface area contributed by atoms with Crippen LogP contribution in [0.5, 0.6) is 0 Å². The van der Waals surface area contributed by atoms with Crippen LogP contribution in [0.4, 0.5) is 0 Å². The zero-order chi connectivity index (χ0) is 9.97. The highest BCUT2D eigenvalue weighted by molar-refractivity contribution is 5.47. The lowest BCUT2D eigenvalue weighted by Crippen LogP contribution is -2.01. The maximum absolute atomic E-state index is 9.79. The average Bonchev–Trinajstić information content (AvgIpc) is 3.02. The summed E-state index contributed by atoms with van der Waals surface area (Å²) in [6.07, 6.45) is 2.36. The Balaban J connectivity index is 2.02. The normalized spacial score (nSPS) is 21.6. The van der Waals surface area contributed by atoms with Gasteiger partial charge in [0.05, 0.1) is 18.8 Å². The molecular formula is C12H14O2. The zero-order valence-electron chi connectivity index (χ0n) is 8.02. The van der Waals surface area contributed by atoms with Gasteiger partial charge in [-0.3, -0.25) is 0 Å². The molecule has 0 aliphatic carbocycles. The number of aliphatic hydroxyl groups is 1. The maximum atomic E-state index is 9.79. The Morgan fingerprint density at radius 2 is 2.14 bits per heavy atom. The van der Waals surface area contributed by atoms with Gasteiger partial charge in [-0.05, 0) is 11.1 Å². The van der Waals surface area contributed by atoms with Gasteiger partial charge < -0.3 is 9.84 Å². The van der Waals surface area contributed by atoms with Crippen LogP contribution in [0.2, 0.25) is 0 Å². The Morgan fingerprint density at radius 3 is 2.64 bits per heavy atom. The second kappa shape index (κ2) is 3.95. The van der Waals surface area contributed by atoms with Crippen molar-refractivity contribution in [2.75, 3.05) is 6.61 Å². The Morgan fingerprint density at radius 1 is 1.50 bits per heavy atom. The summed E-state index contributed by atoms with van der Waals surface area (Å²) in [5.41, 5.74) is 2.02. The molecule has 1 aromatic carbocycles. The topological polar surface area (TPSA) is 32.8 Å². The quantitative estimate of drug-likeness (QED) is 0.738. The second-order valence-electron chi connectivity index (χ2n) is 3.58. The van der Waals surface area contributed by atoms with Gasteiger partial charge in [0.25, 0.3) is 0 Å². The van der Waals surface area contributed by atoms with E-state index >= 15 is 0 Å². The molecule has 2 unspecified atom stereocenters. The van der Waals surface area contributed by atoms with Crippen molar-refractivity contribution < 1.29 is 9.84 Å². The summed E-state index contributed by atoms with van der Waals surface area (Å²) in [6, 6.07) is 7.78. The second-order valence-corrected chi connectivity index (χ2v) is 3.58. The molecule has 1 N–H and O–H groups in total. The van der Waals surface area contributed by atoms with Crippen LogP contribution >= 0.6 is 0 Å². The van der Waals surface area contributed by atoms with Crippen molar-refractivity contribution >= 4 is 6.08 Å². The van der Waals surface area contributed by atoms with E-state index in [1.54, 1.807) is 6.08 Å². The van der Waals surface area contributed by atoms with Crippen molar-refractivity contribution in [1.82, 2.24) is 0 Å². The van der Waals surface area contributed by atoms with E-state index in [1.165, 1.54) is 0 Å². The molecule has 14 heavy (non-hydrogen) atoms. The molecule has 0 spiro atoms. The van der Waals surface area contributed by atoms with Gasteiger partial charge in [0, 0.05) is 6.42 Å². The Hall–Kier alpha value is -1.12. The first-order valence-electron chi connectivity index (χ1n) is 4.81. The minimum Gasteiger partial charge on any atom is -0.388 e. The van der Waals surface area contributed by atoms with Gasteiger partial charge in [-0.1, -0.05) is 36.9 Å². The average molecular weight is 190 g/mol. The van der Waals surface area contributed by atoms with Gasteiger partial charge in [0.2, 0.25) is 0 Å². The molecule has 1 fully saturated rings. The van der Waals surface area contributed by atoms with Crippen molar-refractivity contribution in [2.24, 2.45) is 0 Å². The number of epoxide rings is 1. The predicted octanol–water partition coefficient (Wildman–Crippen LogP) is 2.15. The standard InChI is InChI=1S/C12H14O2/c1-2-9-3-5-10(6-4-9)12(13)7-11-8-14-11/h2-6,11-13H,1,7-8H2. The molecule has 2 nitrogen and oxygen atoms in total. The summed E-state index contributed by atoms with van der Waals surface area (Å²) in [6.45, 7) is 4.47. The molecule has 1 saturated heterocycles. The van der Waals surface area contributed by atoms with Gasteiger partial charge in [0.1, 0.15) is 0 Å². The van der Waals surface area contributed by atoms with Crippen molar-refractivity contribution in [1.29, 1.82) is 0 Å². The molecule has 1 aromatic rings. The lowest BCUT2D eigenvalue weighted by atomic mass is 10.0. The largest absolute Gasteiger partial charge is 0.388 e. The molecule has 0 saturated carbocycles. The smallest absolute Gasteiger partial charge is 0.0837 e. The van der Waals surface area contributed by atoms with E-state index in [0.29, 0.717) is 6.42 Å². The summed E-state index contributed by atoms with van der Waals surface area (Å²) < 4.78 is 5.07. The number of aliphatic hydroxyl groups excluding tert-OH is 1. The number of ether oxygens (including phenoxy) is 1. The summed E-state index contributed by atoms with van der Waals surface area (Å²) in [5, 5.41) is 9.79. The lowest BCUT2D eigenvalue weighted by Gasteiger charge is -2.09. The van der Waals surface area contributed by atoms with E-state index in [1.807, 2.05) is 24.3 Å². The monoisotopic (exact) mass is 190 g/mol. The molecule has 2 atom stereocenters. The Bertz CT molecular complexity index is 312. The first-order valence-corrected chi connectivity index (χ1v) is 4.81. The van der Waals surface area contributed by atoms with Gasteiger partial charge >= 0.3 is 0 Å². The van der Waals surface area contributed by atoms with Gasteiger partial charge in [0.15, 0.2) is 0 Å². The summed E-state index contributed by atoms with van der Waals surface area (Å²) in [5.74, 6) is 0. The molecule has 2 rings (SSSR count). The third-order valence-electron chi connectivity index (χ3n) is 2.45. The highest BCUT2D eigenvalue weighted by Crippen LogP contribution is 2.25. The molecule has 2 heteroatoms. The zero-order valence-corrected chi connectivity index (χ0v) is 8.02. The number of hydrogen-bond acceptors (Lipinski definition) is 2. The van der Waals surface area contributed by atoms with Gasteiger partial charge in [-0.15, -0.1) is 0 Å². The van der Waals surface area contributed by atoms with Crippen molar-refractivity contribution in [3.05, 3.63) is 42.0 Å². The molecule has 74 valence electrons. The van der Waals surface area contributed by atoms with E-state index in [2.05, 4.69) is 6.58 Å². The summed E-state index contributed by atoms with van der Waals surface area (Å²) >= 11 is 0. The molecule has 1 aliphatic heterocycles. The lowest BCUT2D eigenvalue weighted by molar-refractivity contribution is 0.154. The predicted molar refractivity (Wildman–Crippen MR) is 55.8 cm³/mol. The Labute approximate surface area is 83.8 Å². The van der Waals surface area contributed by atoms with Crippen LogP contribution in [0.1, 0.15) is 23.7 Å². The van der Waals surface area contributed by atoms with Crippen LogP contribution in [0.25, 0.3) is 6.08 Å². The molecule has 0 bridgehead atoms. The fourth-order valence-electron chi connectivity index (χ4n) is 1.44. The minimum absolute atomic E-state index is 0.268. The summed E-state index contributed by atoms with van der Waals surface area (Å²) in [4.78, 5) is 0. The minimum atomic E-state index is -0.402. The van der Waals surface area contributed by atoms with Crippen molar-refractivity contribution in [3.63, 3.8) is 0 Å². The molecule has 0 aromatic heterocycles. The fraction of sp³-hybridized carbons (Fsp3) is 0.333. The third-order valence-corrected chi connectivity index (χ3v) is 2.45. The van der Waals surface area contributed by atoms with Crippen LogP contribution in [0, 0.1) is 0 Å². The number of benzene rings is 1. The van der Waals surface area contributed by atoms with Crippen LogP contribution in [-0.2, 0) is 4.74 Å². The first kappa shape index (κ1) is 9.44. The van der Waals surface area contributed by atoms with E-state index in [9.17, 15) is 5.11 Å². The van der Waals surface area contributed by atoms with E-state index in [4.69, 9.17) is 4.74 Å². The highest BCUT2D eigenvalue weighted by Gasteiger charge is 2.26. The highest BCUT2D eigenvalue weighted by atomic mass is 16.6. The van der Waals surface area contributed by atoms with Crippen LogP contribution in [0.15, 0.2) is 30.8 Å². The Kier molecular flexibility index (Phi) is 2.66. The first-order chi connectivity index (χ1) is 6.79. The van der Waals surface area contributed by atoms with Gasteiger partial charge in [-0.2, -0.15) is 0 Å². The fourth-order valence-corrected chi connectivity index (χ4v) is 1.44. The van der Waals surface area contributed by atoms with Crippen LogP contribution < -0.4 is 0 Å². The molecule has 1 heterocycles. The van der Waals surface area contributed by atoms with Crippen LogP contribution in [0.3, 0.4) is 0 Å². The summed E-state index contributed by atoms with van der Waals surface area (Å²) in [7, 11) is 0. The maximum Gasteiger partial charge on any atom is 0.0837 e. The molecule has 1 aliphatic rings. The van der Waals surface area contributed by atoms with Gasteiger partial charge in [-0.25, -0.2) is 0 Å². The number of hydrogen-bond donors (Lipinski definition) is 1. The van der Waals surface area contributed by atoms with E-state index in [-0.39, 0.29) is 6.10 Å². The van der Waals surface area contributed by atoms with E-state index < -0.39 is 6.10 Å². The molecule has 0 radical (unpaired) electrons. The third kappa shape index (κ3) is 2.22. The number of rotatable bonds is 4. The van der Waals surface area contributed by atoms with E-state index in [0.717, 1.165) is 17.7 Å². The van der Waals surface area contributed by atoms with Crippen LogP contribution in [-0.4, -0.2) is 17.8 Å². The SMILES string of the molecule is C=Cc1ccc(C(O)CC2CO2)cc1. The molecular weight excluding hydrogens is 176 g/mol. The van der Waals surface area contributed by atoms with Crippen molar-refractivity contribution in [2.45, 2.75) is 18.6 Å². The molecule has 0 amide bonds.